The molecule has 0 aromatic heterocycles. The number of para-hydroxylation sites is 1. The van der Waals surface area contributed by atoms with Crippen LogP contribution in [-0.4, -0.2) is 72.4 Å². The molecule has 42 heavy (non-hydrogen) atoms. The summed E-state index contributed by atoms with van der Waals surface area (Å²) in [6.45, 7) is 2.65. The highest BCUT2D eigenvalue weighted by Gasteiger charge is 2.48. The fourth-order valence-corrected chi connectivity index (χ4v) is 5.78. The number of nitrogens with zero attached hydrogens (tertiary/aromatic N) is 2. The Kier molecular flexibility index (Phi) is 10.2. The summed E-state index contributed by atoms with van der Waals surface area (Å²) in [7, 11) is 0. The molecule has 5 rings (SSSR count). The number of carbonyl (C=O) groups is 2. The maximum Gasteiger partial charge on any atom is 0.370 e. The molecule has 3 aromatic carbocycles. The van der Waals surface area contributed by atoms with Gasteiger partial charge in [-0.3, -0.25) is 4.79 Å². The van der Waals surface area contributed by atoms with Crippen molar-refractivity contribution in [3.05, 3.63) is 95.7 Å². The molecule has 1 fully saturated rings. The summed E-state index contributed by atoms with van der Waals surface area (Å²) in [5, 5.41) is 13.5. The predicted octanol–water partition coefficient (Wildman–Crippen LogP) is 7.05. The molecule has 0 unspecified atom stereocenters. The second kappa shape index (κ2) is 13.8. The lowest BCUT2D eigenvalue weighted by molar-refractivity contribution is -0.142. The van der Waals surface area contributed by atoms with Gasteiger partial charge in [0.1, 0.15) is 5.41 Å². The number of aliphatic carboxylic acids is 1. The van der Waals surface area contributed by atoms with Crippen LogP contribution in [0.3, 0.4) is 0 Å². The van der Waals surface area contributed by atoms with Gasteiger partial charge in [0.15, 0.2) is 0 Å². The second-order valence-electron chi connectivity index (χ2n) is 10.5. The third kappa shape index (κ3) is 7.30. The quantitative estimate of drug-likeness (QED) is 0.292. The summed E-state index contributed by atoms with van der Waals surface area (Å²) in [4.78, 5) is 29.7. The highest BCUT2D eigenvalue weighted by atomic mass is 19.4. The maximum absolute atomic E-state index is 12.8. The van der Waals surface area contributed by atoms with Crippen molar-refractivity contribution in [1.29, 1.82) is 0 Å². The van der Waals surface area contributed by atoms with Crippen molar-refractivity contribution >= 4 is 17.7 Å². The third-order valence-corrected chi connectivity index (χ3v) is 7.81. The lowest BCUT2D eigenvalue weighted by atomic mass is 9.74. The Morgan fingerprint density at radius 1 is 0.833 bits per heavy atom. The maximum atomic E-state index is 12.8. The number of carbonyl (C=O) groups excluding carboxylic acids is 1. The Morgan fingerprint density at radius 2 is 1.40 bits per heavy atom. The molecule has 3 aromatic rings. The molecule has 0 spiro atoms. The van der Waals surface area contributed by atoms with Crippen molar-refractivity contribution in [1.82, 2.24) is 9.80 Å². The normalized spacial score (nSPS) is 16.0. The van der Waals surface area contributed by atoms with Crippen LogP contribution in [0.4, 0.5) is 23.7 Å². The number of benzene rings is 3. The molecular weight excluding hydrogens is 545 g/mol. The smallest absolute Gasteiger partial charge is 0.370 e. The number of carboxylic acid groups (broad SMARTS) is 1. The third-order valence-electron chi connectivity index (χ3n) is 7.81. The molecule has 1 saturated heterocycles. The highest BCUT2D eigenvalue weighted by Crippen LogP contribution is 2.51. The van der Waals surface area contributed by atoms with Crippen molar-refractivity contribution in [3.8, 4) is 11.1 Å². The number of hydrogen-bond donors (Lipinski definition) is 2. The molecule has 224 valence electrons. The molecule has 10 heteroatoms. The Hall–Kier alpha value is -3.89. The molecule has 7 nitrogen and oxygen atoms in total. The minimum Gasteiger partial charge on any atom is -0.670 e. The average Bonchev–Trinajstić information content (AvgIpc) is 3.09. The monoisotopic (exact) mass is 581 g/mol. The first-order valence-electron chi connectivity index (χ1n) is 14.1. The first kappa shape index (κ1) is 31.1. The van der Waals surface area contributed by atoms with E-state index in [0.29, 0.717) is 13.0 Å². The number of halogens is 3. The molecule has 1 aliphatic heterocycles. The number of carboxylic acids is 1. The summed E-state index contributed by atoms with van der Waals surface area (Å²) in [6, 6.07) is 25.4. The minimum atomic E-state index is -4.29. The van der Waals surface area contributed by atoms with Crippen molar-refractivity contribution < 1.29 is 27.9 Å². The van der Waals surface area contributed by atoms with Crippen LogP contribution >= 0.6 is 0 Å². The Balaban J connectivity index is 0.000000612. The Labute approximate surface area is 244 Å². The van der Waals surface area contributed by atoms with Gasteiger partial charge in [0.25, 0.3) is 0 Å². The van der Waals surface area contributed by atoms with E-state index < -0.39 is 24.1 Å². The summed E-state index contributed by atoms with van der Waals surface area (Å²) in [6.07, 6.45) is -1.03. The van der Waals surface area contributed by atoms with Gasteiger partial charge in [-0.15, -0.1) is 0 Å². The number of alkyl halides is 3. The number of amides is 2. The van der Waals surface area contributed by atoms with E-state index in [0.717, 1.165) is 73.4 Å². The molecule has 1 aliphatic carbocycles. The summed E-state index contributed by atoms with van der Waals surface area (Å²) in [5.74, 6) is -0.769. The fourth-order valence-electron chi connectivity index (χ4n) is 5.78. The largest absolute Gasteiger partial charge is 0.670 e. The number of rotatable bonds is 7. The van der Waals surface area contributed by atoms with E-state index in [1.807, 2.05) is 83.8 Å². The zero-order chi connectivity index (χ0) is 30.2. The van der Waals surface area contributed by atoms with Crippen LogP contribution in [0.5, 0.6) is 0 Å². The van der Waals surface area contributed by atoms with E-state index in [-0.39, 0.29) is 6.03 Å². The van der Waals surface area contributed by atoms with E-state index in [1.165, 1.54) is 0 Å². The standard InChI is InChI=1S/C30H33N3O3.C2H3F3N/c34-28(35)30(26-15-6-4-13-24(26)25-14-5-7-16-27(25)30)17-8-9-18-32-19-10-20-33(22-21-32)29(36)31-23-11-2-1-3-12-23;3-2(4,5)1-6/h1-7,11-16H,8-10,17-22H2,(H,31,36)(H,34,35);6H,1H2/q;-1. The van der Waals surface area contributed by atoms with Crippen LogP contribution in [0.2, 0.25) is 0 Å². The highest BCUT2D eigenvalue weighted by molar-refractivity contribution is 5.97. The van der Waals surface area contributed by atoms with Crippen LogP contribution in [0.25, 0.3) is 16.9 Å². The topological polar surface area (TPSA) is 96.7 Å². The van der Waals surface area contributed by atoms with Crippen LogP contribution in [-0.2, 0) is 10.2 Å². The number of fused-ring (bicyclic) bond motifs is 3. The van der Waals surface area contributed by atoms with Crippen molar-refractivity contribution in [2.75, 3.05) is 44.6 Å². The van der Waals surface area contributed by atoms with Crippen molar-refractivity contribution in [3.63, 3.8) is 0 Å². The van der Waals surface area contributed by atoms with Gasteiger partial charge in [-0.2, -0.15) is 13.2 Å². The molecule has 1 heterocycles. The predicted molar refractivity (Wildman–Crippen MR) is 157 cm³/mol. The fraction of sp³-hybridized carbons (Fsp3) is 0.375. The van der Waals surface area contributed by atoms with Crippen LogP contribution in [0.15, 0.2) is 78.9 Å². The van der Waals surface area contributed by atoms with Crippen LogP contribution < -0.4 is 5.32 Å². The Bertz CT molecular complexity index is 1300. The second-order valence-corrected chi connectivity index (χ2v) is 10.5. The Morgan fingerprint density at radius 3 is 1.98 bits per heavy atom. The van der Waals surface area contributed by atoms with E-state index in [4.69, 9.17) is 5.73 Å². The molecule has 3 N–H and O–H groups in total. The first-order valence-corrected chi connectivity index (χ1v) is 14.1. The lowest BCUT2D eigenvalue weighted by Gasteiger charge is -2.28. The summed E-state index contributed by atoms with van der Waals surface area (Å²) < 4.78 is 31.8. The number of anilines is 1. The van der Waals surface area contributed by atoms with E-state index in [1.54, 1.807) is 0 Å². The summed E-state index contributed by atoms with van der Waals surface area (Å²) >= 11 is 0. The lowest BCUT2D eigenvalue weighted by Crippen LogP contribution is -2.38. The van der Waals surface area contributed by atoms with Gasteiger partial charge in [-0.1, -0.05) is 79.7 Å². The van der Waals surface area contributed by atoms with E-state index >= 15 is 0 Å². The molecule has 0 radical (unpaired) electrons. The summed E-state index contributed by atoms with van der Waals surface area (Å²) in [5.41, 5.74) is 9.45. The molecule has 2 aliphatic rings. The SMILES string of the molecule is O=C(Nc1ccccc1)N1CCCN(CCCCC2(C(=O)O)c3ccccc3-c3ccccc32)CC1.[NH-]CC(F)(F)F. The van der Waals surface area contributed by atoms with Gasteiger partial charge in [0.05, 0.1) is 0 Å². The molecule has 2 amide bonds. The van der Waals surface area contributed by atoms with Crippen molar-refractivity contribution in [2.24, 2.45) is 0 Å². The molecular formula is C32H36F3N4O3-. The van der Waals surface area contributed by atoms with Gasteiger partial charge >= 0.3 is 18.2 Å². The first-order chi connectivity index (χ1) is 20.2. The van der Waals surface area contributed by atoms with E-state index in [9.17, 15) is 27.9 Å². The molecule has 0 atom stereocenters. The average molecular weight is 582 g/mol. The van der Waals surface area contributed by atoms with Crippen LogP contribution in [0, 0.1) is 0 Å². The molecule has 0 bridgehead atoms. The van der Waals surface area contributed by atoms with Crippen molar-refractivity contribution in [2.45, 2.75) is 37.3 Å². The number of unbranched alkanes of at least 4 members (excludes halogenated alkanes) is 1. The van der Waals surface area contributed by atoms with Gasteiger partial charge in [0, 0.05) is 25.3 Å². The van der Waals surface area contributed by atoms with Gasteiger partial charge in [0.2, 0.25) is 0 Å². The molecule has 0 saturated carbocycles. The number of nitrogens with one attached hydrogen (secondary N) is 2. The minimum absolute atomic E-state index is 0.0509. The van der Waals surface area contributed by atoms with Crippen LogP contribution in [0.1, 0.15) is 36.8 Å². The van der Waals surface area contributed by atoms with Gasteiger partial charge in [-0.05, 0) is 66.7 Å². The van der Waals surface area contributed by atoms with Gasteiger partial charge in [-0.25, -0.2) is 4.79 Å². The zero-order valence-corrected chi connectivity index (χ0v) is 23.4. The van der Waals surface area contributed by atoms with Gasteiger partial charge < -0.3 is 26.0 Å². The zero-order valence-electron chi connectivity index (χ0n) is 23.4. The van der Waals surface area contributed by atoms with E-state index in [2.05, 4.69) is 10.2 Å². The number of hydrogen-bond acceptors (Lipinski definition) is 3. The number of urea groups is 1.